The summed E-state index contributed by atoms with van der Waals surface area (Å²) in [6.07, 6.45) is 1.76. The fourth-order valence-electron chi connectivity index (χ4n) is 3.04. The van der Waals surface area contributed by atoms with Gasteiger partial charge in [0.1, 0.15) is 5.76 Å². The van der Waals surface area contributed by atoms with Crippen LogP contribution in [-0.4, -0.2) is 18.5 Å². The summed E-state index contributed by atoms with van der Waals surface area (Å²) in [5.41, 5.74) is 0.176. The van der Waals surface area contributed by atoms with Crippen molar-refractivity contribution in [1.82, 2.24) is 18.5 Å². The molecule has 0 bridgehead atoms. The van der Waals surface area contributed by atoms with E-state index in [0.29, 0.717) is 27.5 Å². The molecule has 0 radical (unpaired) electrons. The molecule has 140 valence electrons. The van der Waals surface area contributed by atoms with Gasteiger partial charge in [0.05, 0.1) is 12.7 Å². The fraction of sp³-hybridized carbons (Fsp3) is 0.316. The molecule has 0 saturated heterocycles. The number of oxazole rings is 1. The molecule has 0 aliphatic heterocycles. The molecule has 0 N–H and O–H groups in total. The standard InChI is InChI=1S/C19H19ClN4O3/c1-19(2,3)13-10-23-14-15(21-17(23)27-13)22(4)18(26)24(16(14)25)9-11-7-5-6-8-12(11)20/h5-8,10H,9H2,1-4H3. The van der Waals surface area contributed by atoms with E-state index in [2.05, 4.69) is 4.98 Å². The second-order valence-corrected chi connectivity index (χ2v) is 8.01. The summed E-state index contributed by atoms with van der Waals surface area (Å²) >= 11 is 6.21. The predicted molar refractivity (Wildman–Crippen MR) is 104 cm³/mol. The number of benzene rings is 1. The molecular formula is C19H19ClN4O3. The minimum atomic E-state index is -0.454. The summed E-state index contributed by atoms with van der Waals surface area (Å²) in [5.74, 6) is 0.996. The van der Waals surface area contributed by atoms with Crippen molar-refractivity contribution >= 4 is 28.6 Å². The molecule has 4 aromatic rings. The number of aromatic nitrogens is 4. The van der Waals surface area contributed by atoms with Crippen LogP contribution < -0.4 is 11.2 Å². The Labute approximate surface area is 159 Å². The highest BCUT2D eigenvalue weighted by molar-refractivity contribution is 6.31. The highest BCUT2D eigenvalue weighted by Gasteiger charge is 2.24. The SMILES string of the molecule is Cn1c(=O)n(Cc2ccccc2Cl)c(=O)c2c1nc1oc(C(C)(C)C)cn12. The highest BCUT2D eigenvalue weighted by Crippen LogP contribution is 2.26. The van der Waals surface area contributed by atoms with Crippen LogP contribution in [0.2, 0.25) is 5.02 Å². The Bertz CT molecular complexity index is 1300. The van der Waals surface area contributed by atoms with E-state index in [4.69, 9.17) is 16.0 Å². The zero-order chi connectivity index (χ0) is 19.5. The monoisotopic (exact) mass is 386 g/mol. The van der Waals surface area contributed by atoms with Gasteiger partial charge in [-0.15, -0.1) is 0 Å². The fourth-order valence-corrected chi connectivity index (χ4v) is 3.23. The van der Waals surface area contributed by atoms with Gasteiger partial charge in [-0.1, -0.05) is 50.6 Å². The van der Waals surface area contributed by atoms with Crippen LogP contribution in [0.25, 0.3) is 17.0 Å². The Hall–Kier alpha value is -2.80. The van der Waals surface area contributed by atoms with E-state index in [1.165, 1.54) is 9.13 Å². The Morgan fingerprint density at radius 3 is 2.56 bits per heavy atom. The summed E-state index contributed by atoms with van der Waals surface area (Å²) in [6, 6.07) is 7.14. The van der Waals surface area contributed by atoms with Gasteiger partial charge in [0.15, 0.2) is 11.2 Å². The highest BCUT2D eigenvalue weighted by atomic mass is 35.5. The van der Waals surface area contributed by atoms with Crippen molar-refractivity contribution in [1.29, 1.82) is 0 Å². The predicted octanol–water partition coefficient (Wildman–Crippen LogP) is 2.94. The molecule has 0 amide bonds. The van der Waals surface area contributed by atoms with Gasteiger partial charge < -0.3 is 4.42 Å². The van der Waals surface area contributed by atoms with Crippen molar-refractivity contribution in [3.8, 4) is 0 Å². The zero-order valence-corrected chi connectivity index (χ0v) is 16.2. The Morgan fingerprint density at radius 2 is 1.89 bits per heavy atom. The third kappa shape index (κ3) is 2.70. The average Bonchev–Trinajstić information content (AvgIpc) is 3.16. The molecule has 0 aliphatic rings. The number of halogens is 1. The molecule has 8 heteroatoms. The first kappa shape index (κ1) is 17.6. The Balaban J connectivity index is 2.01. The number of rotatable bonds is 2. The van der Waals surface area contributed by atoms with Crippen LogP contribution in [0.1, 0.15) is 32.1 Å². The minimum Gasteiger partial charge on any atom is -0.428 e. The first-order valence-corrected chi connectivity index (χ1v) is 8.91. The maximum absolute atomic E-state index is 13.2. The number of imidazole rings is 1. The molecular weight excluding hydrogens is 368 g/mol. The first-order valence-electron chi connectivity index (χ1n) is 8.54. The number of hydrogen-bond donors (Lipinski definition) is 0. The van der Waals surface area contributed by atoms with E-state index < -0.39 is 11.2 Å². The van der Waals surface area contributed by atoms with Crippen LogP contribution in [0, 0.1) is 0 Å². The van der Waals surface area contributed by atoms with Crippen molar-refractivity contribution in [3.63, 3.8) is 0 Å². The van der Waals surface area contributed by atoms with Crippen molar-refractivity contribution in [2.75, 3.05) is 0 Å². The summed E-state index contributed by atoms with van der Waals surface area (Å²) in [5, 5.41) is 0.503. The molecule has 27 heavy (non-hydrogen) atoms. The van der Waals surface area contributed by atoms with Gasteiger partial charge in [0, 0.05) is 17.5 Å². The maximum atomic E-state index is 13.2. The molecule has 4 rings (SSSR count). The van der Waals surface area contributed by atoms with Gasteiger partial charge in [-0.25, -0.2) is 4.79 Å². The minimum absolute atomic E-state index is 0.0817. The lowest BCUT2D eigenvalue weighted by Gasteiger charge is -2.13. The second kappa shape index (κ2) is 5.85. The van der Waals surface area contributed by atoms with E-state index in [9.17, 15) is 9.59 Å². The quantitative estimate of drug-likeness (QED) is 0.531. The molecule has 7 nitrogen and oxygen atoms in total. The molecule has 0 unspecified atom stereocenters. The van der Waals surface area contributed by atoms with E-state index in [1.54, 1.807) is 35.8 Å². The summed E-state index contributed by atoms with van der Waals surface area (Å²) in [4.78, 5) is 30.3. The Morgan fingerprint density at radius 1 is 1.19 bits per heavy atom. The molecule has 0 spiro atoms. The molecule has 0 saturated carbocycles. The number of nitrogens with zero attached hydrogens (tertiary/aromatic N) is 4. The van der Waals surface area contributed by atoms with Crippen LogP contribution in [0.4, 0.5) is 0 Å². The smallest absolute Gasteiger partial charge is 0.332 e. The second-order valence-electron chi connectivity index (χ2n) is 7.61. The molecule has 3 aromatic heterocycles. The van der Waals surface area contributed by atoms with Crippen molar-refractivity contribution in [2.24, 2.45) is 7.05 Å². The van der Waals surface area contributed by atoms with Crippen LogP contribution in [0.5, 0.6) is 0 Å². The topological polar surface area (TPSA) is 74.4 Å². The maximum Gasteiger partial charge on any atom is 0.332 e. The van der Waals surface area contributed by atoms with Gasteiger partial charge in [0.25, 0.3) is 5.56 Å². The van der Waals surface area contributed by atoms with E-state index >= 15 is 0 Å². The zero-order valence-electron chi connectivity index (χ0n) is 15.5. The molecule has 0 atom stereocenters. The van der Waals surface area contributed by atoms with Crippen LogP contribution in [0.3, 0.4) is 0 Å². The van der Waals surface area contributed by atoms with Crippen LogP contribution in [-0.2, 0) is 19.0 Å². The van der Waals surface area contributed by atoms with Gasteiger partial charge in [-0.2, -0.15) is 4.98 Å². The molecule has 1 aromatic carbocycles. The molecule has 0 fully saturated rings. The third-order valence-electron chi connectivity index (χ3n) is 4.62. The van der Waals surface area contributed by atoms with Crippen molar-refractivity contribution < 1.29 is 4.42 Å². The number of aryl methyl sites for hydroxylation is 1. The average molecular weight is 387 g/mol. The van der Waals surface area contributed by atoms with Crippen molar-refractivity contribution in [2.45, 2.75) is 32.7 Å². The van der Waals surface area contributed by atoms with E-state index in [0.717, 1.165) is 0 Å². The number of fused-ring (bicyclic) bond motifs is 3. The summed E-state index contributed by atoms with van der Waals surface area (Å²) in [7, 11) is 1.59. The van der Waals surface area contributed by atoms with E-state index in [-0.39, 0.29) is 17.8 Å². The summed E-state index contributed by atoms with van der Waals surface area (Å²) < 4.78 is 9.95. The van der Waals surface area contributed by atoms with Gasteiger partial charge >= 0.3 is 11.5 Å². The molecule has 3 heterocycles. The van der Waals surface area contributed by atoms with E-state index in [1.807, 2.05) is 26.8 Å². The van der Waals surface area contributed by atoms with Crippen LogP contribution >= 0.6 is 11.6 Å². The summed E-state index contributed by atoms with van der Waals surface area (Å²) in [6.45, 7) is 6.12. The first-order chi connectivity index (χ1) is 12.7. The normalized spacial score (nSPS) is 12.3. The third-order valence-corrected chi connectivity index (χ3v) is 4.99. The van der Waals surface area contributed by atoms with Gasteiger partial charge in [-0.05, 0) is 11.6 Å². The van der Waals surface area contributed by atoms with Gasteiger partial charge in [0.2, 0.25) is 0 Å². The lowest BCUT2D eigenvalue weighted by Crippen LogP contribution is -2.39. The lowest BCUT2D eigenvalue weighted by molar-refractivity contribution is 0.425. The lowest BCUT2D eigenvalue weighted by atomic mass is 9.94. The number of hydrogen-bond acceptors (Lipinski definition) is 4. The van der Waals surface area contributed by atoms with Crippen molar-refractivity contribution in [3.05, 3.63) is 67.6 Å². The van der Waals surface area contributed by atoms with Gasteiger partial charge in [-0.3, -0.25) is 18.3 Å². The molecule has 0 aliphatic carbocycles. The Kier molecular flexibility index (Phi) is 3.82. The largest absolute Gasteiger partial charge is 0.428 e. The van der Waals surface area contributed by atoms with Crippen LogP contribution in [0.15, 0.2) is 44.5 Å².